The van der Waals surface area contributed by atoms with Crippen LogP contribution in [0.15, 0.2) is 6.20 Å². The second-order valence-electron chi connectivity index (χ2n) is 3.71. The van der Waals surface area contributed by atoms with E-state index in [2.05, 4.69) is 9.97 Å². The smallest absolute Gasteiger partial charge is 0.356 e. The molecule has 1 aromatic heterocycles. The summed E-state index contributed by atoms with van der Waals surface area (Å²) < 4.78 is 5.58. The zero-order chi connectivity index (χ0) is 13.1. The molecule has 0 fully saturated rings. The van der Waals surface area contributed by atoms with Gasteiger partial charge in [0.25, 0.3) is 0 Å². The van der Waals surface area contributed by atoms with Gasteiger partial charge in [-0.2, -0.15) is 0 Å². The Morgan fingerprint density at radius 1 is 1.59 bits per heavy atom. The van der Waals surface area contributed by atoms with Crippen molar-refractivity contribution in [3.8, 4) is 0 Å². The summed E-state index contributed by atoms with van der Waals surface area (Å²) >= 11 is 5.71. The van der Waals surface area contributed by atoms with Gasteiger partial charge in [0.05, 0.1) is 11.2 Å². The number of hydrogen-bond acceptors (Lipinski definition) is 4. The average molecular weight is 259 g/mol. The zero-order valence-electron chi connectivity index (χ0n) is 10.0. The van der Waals surface area contributed by atoms with E-state index < -0.39 is 11.6 Å². The van der Waals surface area contributed by atoms with Crippen LogP contribution in [0.4, 0.5) is 0 Å². The van der Waals surface area contributed by atoms with Gasteiger partial charge < -0.3 is 9.84 Å². The zero-order valence-corrected chi connectivity index (χ0v) is 10.8. The van der Waals surface area contributed by atoms with Crippen molar-refractivity contribution in [1.82, 2.24) is 9.97 Å². The number of carbonyl (C=O) groups is 1. The summed E-state index contributed by atoms with van der Waals surface area (Å²) in [6, 6.07) is 0. The third-order valence-electron chi connectivity index (χ3n) is 2.56. The second kappa shape index (κ2) is 5.42. The number of rotatable bonds is 5. The fraction of sp³-hybridized carbons (Fsp3) is 0.545. The summed E-state index contributed by atoms with van der Waals surface area (Å²) in [4.78, 5) is 18.9. The Balaban J connectivity index is 3.22. The average Bonchev–Trinajstić information content (AvgIpc) is 2.29. The van der Waals surface area contributed by atoms with E-state index in [1.165, 1.54) is 6.20 Å². The molecule has 1 rings (SSSR count). The minimum Gasteiger partial charge on any atom is -0.476 e. The Hall–Kier alpha value is -1.20. The standard InChI is InChI=1S/C11H15ClN2O3/c1-4-11(3,17-5-2)10-13-6-7(12)8(14-10)9(15)16/h6H,4-5H2,1-3H3,(H,15,16). The molecule has 1 atom stereocenters. The summed E-state index contributed by atoms with van der Waals surface area (Å²) in [6.07, 6.45) is 1.93. The van der Waals surface area contributed by atoms with Crippen molar-refractivity contribution in [3.05, 3.63) is 22.7 Å². The number of ether oxygens (including phenoxy) is 1. The molecule has 1 aromatic rings. The third-order valence-corrected chi connectivity index (χ3v) is 2.83. The first kappa shape index (κ1) is 13.9. The quantitative estimate of drug-likeness (QED) is 0.878. The molecule has 94 valence electrons. The summed E-state index contributed by atoms with van der Waals surface area (Å²) in [5.74, 6) is -0.836. The Kier molecular flexibility index (Phi) is 4.42. The van der Waals surface area contributed by atoms with E-state index in [1.807, 2.05) is 20.8 Å². The van der Waals surface area contributed by atoms with Crippen molar-refractivity contribution in [1.29, 1.82) is 0 Å². The van der Waals surface area contributed by atoms with Crippen LogP contribution in [0.5, 0.6) is 0 Å². The predicted octanol–water partition coefficient (Wildman–Crippen LogP) is 2.49. The van der Waals surface area contributed by atoms with Crippen LogP contribution in [-0.2, 0) is 10.3 Å². The molecular formula is C11H15ClN2O3. The van der Waals surface area contributed by atoms with Crippen molar-refractivity contribution >= 4 is 17.6 Å². The fourth-order valence-corrected chi connectivity index (χ4v) is 1.59. The van der Waals surface area contributed by atoms with Crippen LogP contribution in [0.1, 0.15) is 43.5 Å². The number of carboxylic acid groups (broad SMARTS) is 1. The molecule has 0 saturated carbocycles. The van der Waals surface area contributed by atoms with Crippen LogP contribution >= 0.6 is 11.6 Å². The molecule has 0 bridgehead atoms. The van der Waals surface area contributed by atoms with Crippen LogP contribution in [0.25, 0.3) is 0 Å². The van der Waals surface area contributed by atoms with Gasteiger partial charge in [-0.3, -0.25) is 0 Å². The molecule has 0 amide bonds. The number of halogens is 1. The van der Waals surface area contributed by atoms with Crippen molar-refractivity contribution < 1.29 is 14.6 Å². The first-order valence-electron chi connectivity index (χ1n) is 5.34. The first-order valence-corrected chi connectivity index (χ1v) is 5.72. The number of carboxylic acids is 1. The van der Waals surface area contributed by atoms with Gasteiger partial charge in [-0.15, -0.1) is 0 Å². The van der Waals surface area contributed by atoms with Crippen molar-refractivity contribution in [3.63, 3.8) is 0 Å². The number of aromatic carboxylic acids is 1. The van der Waals surface area contributed by atoms with Crippen molar-refractivity contribution in [2.75, 3.05) is 6.61 Å². The molecule has 17 heavy (non-hydrogen) atoms. The normalized spacial score (nSPS) is 14.4. The summed E-state index contributed by atoms with van der Waals surface area (Å²) in [5.41, 5.74) is -0.889. The first-order chi connectivity index (χ1) is 7.94. The lowest BCUT2D eigenvalue weighted by Crippen LogP contribution is -2.28. The molecule has 0 saturated heterocycles. The van der Waals surface area contributed by atoms with Gasteiger partial charge in [-0.05, 0) is 20.3 Å². The lowest BCUT2D eigenvalue weighted by atomic mass is 10.0. The molecule has 0 aliphatic carbocycles. The molecule has 5 nitrogen and oxygen atoms in total. The van der Waals surface area contributed by atoms with E-state index in [-0.39, 0.29) is 10.7 Å². The maximum Gasteiger partial charge on any atom is 0.356 e. The molecule has 0 aliphatic heterocycles. The Morgan fingerprint density at radius 2 is 2.24 bits per heavy atom. The maximum atomic E-state index is 10.9. The molecule has 6 heteroatoms. The van der Waals surface area contributed by atoms with Gasteiger partial charge in [0, 0.05) is 6.61 Å². The van der Waals surface area contributed by atoms with Gasteiger partial charge in [0.1, 0.15) is 5.60 Å². The number of hydrogen-bond donors (Lipinski definition) is 1. The van der Waals surface area contributed by atoms with E-state index in [0.717, 1.165) is 0 Å². The topological polar surface area (TPSA) is 72.3 Å². The highest BCUT2D eigenvalue weighted by Crippen LogP contribution is 2.27. The van der Waals surface area contributed by atoms with Gasteiger partial charge in [-0.1, -0.05) is 18.5 Å². The van der Waals surface area contributed by atoms with Gasteiger partial charge in [0.2, 0.25) is 0 Å². The summed E-state index contributed by atoms with van der Waals surface area (Å²) in [6.45, 7) is 6.11. The molecule has 1 N–H and O–H groups in total. The summed E-state index contributed by atoms with van der Waals surface area (Å²) in [7, 11) is 0. The largest absolute Gasteiger partial charge is 0.476 e. The molecule has 0 radical (unpaired) electrons. The molecular weight excluding hydrogens is 244 g/mol. The number of nitrogens with zero attached hydrogens (tertiary/aromatic N) is 2. The molecule has 1 unspecified atom stereocenters. The lowest BCUT2D eigenvalue weighted by molar-refractivity contribution is -0.0391. The van der Waals surface area contributed by atoms with Crippen LogP contribution in [0.3, 0.4) is 0 Å². The Labute approximate surface area is 105 Å². The Bertz CT molecular complexity index is 425. The SMILES string of the molecule is CCOC(C)(CC)c1ncc(Cl)c(C(=O)O)n1. The lowest BCUT2D eigenvalue weighted by Gasteiger charge is -2.26. The van der Waals surface area contributed by atoms with E-state index in [0.29, 0.717) is 18.9 Å². The van der Waals surface area contributed by atoms with E-state index in [9.17, 15) is 4.79 Å². The van der Waals surface area contributed by atoms with Gasteiger partial charge in [-0.25, -0.2) is 14.8 Å². The predicted molar refractivity (Wildman–Crippen MR) is 63.3 cm³/mol. The van der Waals surface area contributed by atoms with Crippen LogP contribution in [0.2, 0.25) is 5.02 Å². The second-order valence-corrected chi connectivity index (χ2v) is 4.12. The molecule has 0 aromatic carbocycles. The van der Waals surface area contributed by atoms with Gasteiger partial charge >= 0.3 is 5.97 Å². The van der Waals surface area contributed by atoms with E-state index in [1.54, 1.807) is 0 Å². The van der Waals surface area contributed by atoms with Crippen LogP contribution < -0.4 is 0 Å². The monoisotopic (exact) mass is 258 g/mol. The molecule has 0 aliphatic rings. The highest BCUT2D eigenvalue weighted by atomic mass is 35.5. The molecule has 1 heterocycles. The molecule has 0 spiro atoms. The van der Waals surface area contributed by atoms with E-state index >= 15 is 0 Å². The minimum absolute atomic E-state index is 0.0243. The van der Waals surface area contributed by atoms with Crippen molar-refractivity contribution in [2.24, 2.45) is 0 Å². The highest BCUT2D eigenvalue weighted by molar-refractivity contribution is 6.33. The van der Waals surface area contributed by atoms with Crippen molar-refractivity contribution in [2.45, 2.75) is 32.8 Å². The maximum absolute atomic E-state index is 10.9. The van der Waals surface area contributed by atoms with Gasteiger partial charge in [0.15, 0.2) is 11.5 Å². The van der Waals surface area contributed by atoms with E-state index in [4.69, 9.17) is 21.4 Å². The minimum atomic E-state index is -1.17. The van der Waals surface area contributed by atoms with Crippen LogP contribution in [0, 0.1) is 0 Å². The summed E-state index contributed by atoms with van der Waals surface area (Å²) in [5, 5.41) is 8.97. The van der Waals surface area contributed by atoms with Crippen LogP contribution in [-0.4, -0.2) is 27.7 Å². The Morgan fingerprint density at radius 3 is 2.71 bits per heavy atom. The fourth-order valence-electron chi connectivity index (χ4n) is 1.42. The number of aromatic nitrogens is 2. The third kappa shape index (κ3) is 2.92. The highest BCUT2D eigenvalue weighted by Gasteiger charge is 2.29.